The number of hydrogen-bond acceptors (Lipinski definition) is 3. The molecular formula is C16H27N3. The van der Waals surface area contributed by atoms with Gasteiger partial charge in [-0.25, -0.2) is 0 Å². The minimum atomic E-state index is 0.713. The van der Waals surface area contributed by atoms with Crippen molar-refractivity contribution in [2.24, 2.45) is 5.92 Å². The third kappa shape index (κ3) is 5.29. The molecule has 1 aromatic heterocycles. The van der Waals surface area contributed by atoms with Crippen molar-refractivity contribution in [2.45, 2.75) is 39.2 Å². The zero-order chi connectivity index (χ0) is 13.5. The summed E-state index contributed by atoms with van der Waals surface area (Å²) in [7, 11) is 0. The molecule has 0 unspecified atom stereocenters. The van der Waals surface area contributed by atoms with Gasteiger partial charge in [-0.2, -0.15) is 0 Å². The molecule has 0 spiro atoms. The lowest BCUT2D eigenvalue weighted by atomic mass is 10.0. The molecule has 1 aromatic rings. The van der Waals surface area contributed by atoms with Gasteiger partial charge in [-0.1, -0.05) is 13.8 Å². The lowest BCUT2D eigenvalue weighted by molar-refractivity contribution is 0.180. The number of pyridine rings is 1. The van der Waals surface area contributed by atoms with Crippen molar-refractivity contribution in [2.75, 3.05) is 26.2 Å². The largest absolute Gasteiger partial charge is 0.314 e. The van der Waals surface area contributed by atoms with Gasteiger partial charge in [-0.05, 0) is 62.5 Å². The highest BCUT2D eigenvalue weighted by molar-refractivity contribution is 5.09. The second kappa shape index (κ2) is 7.61. The van der Waals surface area contributed by atoms with Gasteiger partial charge in [-0.3, -0.25) is 4.98 Å². The van der Waals surface area contributed by atoms with Crippen molar-refractivity contribution >= 4 is 0 Å². The molecule has 3 nitrogen and oxygen atoms in total. The van der Waals surface area contributed by atoms with Gasteiger partial charge in [0.1, 0.15) is 0 Å². The van der Waals surface area contributed by atoms with Gasteiger partial charge >= 0.3 is 0 Å². The zero-order valence-corrected chi connectivity index (χ0v) is 12.3. The molecule has 1 aliphatic heterocycles. The smallest absolute Gasteiger partial charge is 0.0270 e. The summed E-state index contributed by atoms with van der Waals surface area (Å²) in [5.74, 6) is 0.788. The molecule has 106 valence electrons. The Balaban J connectivity index is 1.61. The van der Waals surface area contributed by atoms with E-state index in [2.05, 4.69) is 41.2 Å². The molecule has 19 heavy (non-hydrogen) atoms. The number of rotatable bonds is 6. The number of aromatic nitrogens is 1. The van der Waals surface area contributed by atoms with Gasteiger partial charge in [0, 0.05) is 25.0 Å². The number of piperidine rings is 1. The topological polar surface area (TPSA) is 28.2 Å². The van der Waals surface area contributed by atoms with Gasteiger partial charge < -0.3 is 10.2 Å². The van der Waals surface area contributed by atoms with Crippen LogP contribution in [0.25, 0.3) is 0 Å². The number of nitrogens with one attached hydrogen (secondary N) is 1. The van der Waals surface area contributed by atoms with Gasteiger partial charge in [0.2, 0.25) is 0 Å². The summed E-state index contributed by atoms with van der Waals surface area (Å²) < 4.78 is 0. The highest BCUT2D eigenvalue weighted by Crippen LogP contribution is 2.12. The Bertz CT molecular complexity index is 342. The summed E-state index contributed by atoms with van der Waals surface area (Å²) in [6.07, 6.45) is 7.44. The normalized spacial score (nSPS) is 18.1. The van der Waals surface area contributed by atoms with Crippen molar-refractivity contribution in [3.05, 3.63) is 30.1 Å². The third-order valence-electron chi connectivity index (χ3n) is 3.81. The van der Waals surface area contributed by atoms with E-state index in [9.17, 15) is 0 Å². The lowest BCUT2D eigenvalue weighted by Gasteiger charge is -2.33. The monoisotopic (exact) mass is 261 g/mol. The van der Waals surface area contributed by atoms with E-state index in [0.29, 0.717) is 6.04 Å². The van der Waals surface area contributed by atoms with Crippen LogP contribution in [-0.4, -0.2) is 42.1 Å². The summed E-state index contributed by atoms with van der Waals surface area (Å²) >= 11 is 0. The van der Waals surface area contributed by atoms with E-state index in [4.69, 9.17) is 0 Å². The molecule has 0 amide bonds. The van der Waals surface area contributed by atoms with Crippen molar-refractivity contribution < 1.29 is 0 Å². The van der Waals surface area contributed by atoms with E-state index < -0.39 is 0 Å². The van der Waals surface area contributed by atoms with Crippen LogP contribution in [0.3, 0.4) is 0 Å². The number of likely N-dealkylation sites (tertiary alicyclic amines) is 1. The molecule has 1 saturated heterocycles. The molecule has 1 fully saturated rings. The van der Waals surface area contributed by atoms with Crippen LogP contribution < -0.4 is 5.32 Å². The van der Waals surface area contributed by atoms with Gasteiger partial charge in [0.05, 0.1) is 0 Å². The molecule has 2 rings (SSSR count). The van der Waals surface area contributed by atoms with E-state index in [0.717, 1.165) is 18.9 Å². The fraction of sp³-hybridized carbons (Fsp3) is 0.688. The van der Waals surface area contributed by atoms with E-state index in [1.54, 1.807) is 0 Å². The van der Waals surface area contributed by atoms with E-state index >= 15 is 0 Å². The maximum Gasteiger partial charge on any atom is 0.0270 e. The zero-order valence-electron chi connectivity index (χ0n) is 12.3. The first-order valence-electron chi connectivity index (χ1n) is 7.58. The van der Waals surface area contributed by atoms with Crippen molar-refractivity contribution in [1.29, 1.82) is 0 Å². The van der Waals surface area contributed by atoms with Crippen LogP contribution in [0.2, 0.25) is 0 Å². The Morgan fingerprint density at radius 1 is 1.26 bits per heavy atom. The van der Waals surface area contributed by atoms with Crippen LogP contribution in [0, 0.1) is 5.92 Å². The predicted octanol–water partition coefficient (Wildman–Crippen LogP) is 2.33. The average molecular weight is 261 g/mol. The third-order valence-corrected chi connectivity index (χ3v) is 3.81. The van der Waals surface area contributed by atoms with E-state index in [1.807, 2.05) is 12.4 Å². The summed E-state index contributed by atoms with van der Waals surface area (Å²) in [5.41, 5.74) is 1.37. The minimum Gasteiger partial charge on any atom is -0.314 e. The molecule has 0 bridgehead atoms. The highest BCUT2D eigenvalue weighted by atomic mass is 15.1. The van der Waals surface area contributed by atoms with Crippen LogP contribution in [0.1, 0.15) is 32.3 Å². The minimum absolute atomic E-state index is 0.713. The van der Waals surface area contributed by atoms with E-state index in [1.165, 1.54) is 38.0 Å². The van der Waals surface area contributed by atoms with Crippen LogP contribution in [0.5, 0.6) is 0 Å². The molecule has 0 aromatic carbocycles. The van der Waals surface area contributed by atoms with Crippen molar-refractivity contribution in [1.82, 2.24) is 15.2 Å². The van der Waals surface area contributed by atoms with Crippen LogP contribution >= 0.6 is 0 Å². The van der Waals surface area contributed by atoms with Crippen molar-refractivity contribution in [3.63, 3.8) is 0 Å². The predicted molar refractivity (Wildman–Crippen MR) is 80.2 cm³/mol. The fourth-order valence-corrected chi connectivity index (χ4v) is 2.81. The summed E-state index contributed by atoms with van der Waals surface area (Å²) in [5, 5.41) is 3.70. The Morgan fingerprint density at radius 3 is 2.58 bits per heavy atom. The average Bonchev–Trinajstić information content (AvgIpc) is 2.41. The molecular weight excluding hydrogens is 234 g/mol. The first-order valence-corrected chi connectivity index (χ1v) is 7.58. The summed E-state index contributed by atoms with van der Waals surface area (Å²) in [4.78, 5) is 6.65. The Morgan fingerprint density at radius 2 is 1.95 bits per heavy atom. The molecule has 3 heteroatoms. The Kier molecular flexibility index (Phi) is 5.80. The second-order valence-corrected chi connectivity index (χ2v) is 6.03. The maximum atomic E-state index is 4.05. The van der Waals surface area contributed by atoms with Gasteiger partial charge in [0.15, 0.2) is 0 Å². The van der Waals surface area contributed by atoms with Crippen LogP contribution in [-0.2, 0) is 6.42 Å². The maximum absolute atomic E-state index is 4.05. The Hall–Kier alpha value is -0.930. The van der Waals surface area contributed by atoms with Crippen molar-refractivity contribution in [3.8, 4) is 0 Å². The fourth-order valence-electron chi connectivity index (χ4n) is 2.81. The number of nitrogens with zero attached hydrogens (tertiary/aromatic N) is 2. The standard InChI is InChI=1S/C16H27N3/c1-14(2)13-19-11-6-16(7-12-19)18-10-5-15-3-8-17-9-4-15/h3-4,8-9,14,16,18H,5-7,10-13H2,1-2H3. The Labute approximate surface area is 117 Å². The molecule has 2 heterocycles. The molecule has 0 aliphatic carbocycles. The molecule has 1 aliphatic rings. The first-order chi connectivity index (χ1) is 9.24. The molecule has 0 radical (unpaired) electrons. The summed E-state index contributed by atoms with van der Waals surface area (Å²) in [6, 6.07) is 4.92. The SMILES string of the molecule is CC(C)CN1CCC(NCCc2ccncc2)CC1. The van der Waals surface area contributed by atoms with Crippen LogP contribution in [0.15, 0.2) is 24.5 Å². The second-order valence-electron chi connectivity index (χ2n) is 6.03. The van der Waals surface area contributed by atoms with Crippen LogP contribution in [0.4, 0.5) is 0 Å². The molecule has 0 saturated carbocycles. The lowest BCUT2D eigenvalue weighted by Crippen LogP contribution is -2.44. The van der Waals surface area contributed by atoms with Gasteiger partial charge in [-0.15, -0.1) is 0 Å². The van der Waals surface area contributed by atoms with Gasteiger partial charge in [0.25, 0.3) is 0 Å². The first kappa shape index (κ1) is 14.5. The molecule has 0 atom stereocenters. The summed E-state index contributed by atoms with van der Waals surface area (Å²) in [6.45, 7) is 9.46. The van der Waals surface area contributed by atoms with E-state index in [-0.39, 0.29) is 0 Å². The highest BCUT2D eigenvalue weighted by Gasteiger charge is 2.18. The molecule has 1 N–H and O–H groups in total. The quantitative estimate of drug-likeness (QED) is 0.852. The number of hydrogen-bond donors (Lipinski definition) is 1.